The molecule has 0 unspecified atom stereocenters. The van der Waals surface area contributed by atoms with Gasteiger partial charge in [-0.15, -0.1) is 11.3 Å². The monoisotopic (exact) mass is 435 g/mol. The van der Waals surface area contributed by atoms with Gasteiger partial charge in [0.15, 0.2) is 0 Å². The number of hydrogen-bond donors (Lipinski definition) is 2. The average Bonchev–Trinajstić information content (AvgIpc) is 3.04. The Bertz CT molecular complexity index is 1100. The third-order valence-corrected chi connectivity index (χ3v) is 7.02. The van der Waals surface area contributed by atoms with E-state index in [1.165, 1.54) is 10.4 Å². The Morgan fingerprint density at radius 1 is 1.23 bits per heavy atom. The van der Waals surface area contributed by atoms with E-state index in [2.05, 4.69) is 61.3 Å². The van der Waals surface area contributed by atoms with Gasteiger partial charge in [-0.3, -0.25) is 0 Å². The molecule has 5 nitrogen and oxygen atoms in total. The third kappa shape index (κ3) is 4.65. The molecule has 0 bridgehead atoms. The van der Waals surface area contributed by atoms with Crippen molar-refractivity contribution in [1.82, 2.24) is 9.88 Å². The highest BCUT2D eigenvalue weighted by Crippen LogP contribution is 2.44. The van der Waals surface area contributed by atoms with Crippen LogP contribution in [0.4, 0.5) is 10.8 Å². The van der Waals surface area contributed by atoms with Crippen molar-refractivity contribution in [1.29, 1.82) is 0 Å². The molecule has 0 spiro atoms. The van der Waals surface area contributed by atoms with Crippen molar-refractivity contribution in [2.45, 2.75) is 39.7 Å². The van der Waals surface area contributed by atoms with Crippen LogP contribution in [-0.2, 0) is 19.4 Å². The number of aromatic nitrogens is 1. The molecule has 31 heavy (non-hydrogen) atoms. The quantitative estimate of drug-likeness (QED) is 0.510. The van der Waals surface area contributed by atoms with E-state index in [0.29, 0.717) is 16.4 Å². The molecule has 2 N–H and O–H groups in total. The number of hydrogen-bond acceptors (Lipinski definition) is 5. The molecule has 0 amide bonds. The summed E-state index contributed by atoms with van der Waals surface area (Å²) in [5.41, 5.74) is 5.00. The minimum Gasteiger partial charge on any atom is -0.478 e. The number of thiophene rings is 1. The fourth-order valence-corrected chi connectivity index (χ4v) is 5.47. The molecule has 2 heterocycles. The molecular formula is C25H29N3O2S. The molecule has 162 valence electrons. The molecule has 1 aromatic carbocycles. The van der Waals surface area contributed by atoms with E-state index in [0.717, 1.165) is 42.5 Å². The van der Waals surface area contributed by atoms with Crippen molar-refractivity contribution in [3.63, 3.8) is 0 Å². The molecule has 0 saturated heterocycles. The zero-order valence-corrected chi connectivity index (χ0v) is 19.3. The minimum atomic E-state index is -0.869. The standard InChI is InChI=1S/C25H29N3O2S/c1-25(2)12-11-20-19(13-25)22(24(29)30)23(31-20)27-21-10-9-16(14-26-21)18-8-6-5-7-17(18)15-28(3)4/h5-10,14H,11-13,15H2,1-4H3,(H,26,27)(H,29,30). The van der Waals surface area contributed by atoms with Crippen molar-refractivity contribution in [2.75, 3.05) is 19.4 Å². The summed E-state index contributed by atoms with van der Waals surface area (Å²) >= 11 is 1.56. The molecule has 0 atom stereocenters. The molecule has 2 aromatic heterocycles. The highest BCUT2D eigenvalue weighted by molar-refractivity contribution is 7.16. The Hall–Kier alpha value is -2.70. The van der Waals surface area contributed by atoms with Gasteiger partial charge in [0, 0.05) is 23.2 Å². The van der Waals surface area contributed by atoms with Crippen LogP contribution in [0.2, 0.25) is 0 Å². The van der Waals surface area contributed by atoms with E-state index in [9.17, 15) is 9.90 Å². The Balaban J connectivity index is 1.61. The number of anilines is 2. The summed E-state index contributed by atoms with van der Waals surface area (Å²) in [5.74, 6) is -0.207. The van der Waals surface area contributed by atoms with E-state index in [1.54, 1.807) is 11.3 Å². The van der Waals surface area contributed by atoms with Crippen LogP contribution in [0.5, 0.6) is 0 Å². The average molecular weight is 436 g/mol. The predicted octanol–water partition coefficient (Wildman–Crippen LogP) is 5.83. The second-order valence-electron chi connectivity index (χ2n) is 9.31. The number of fused-ring (bicyclic) bond motifs is 1. The van der Waals surface area contributed by atoms with Crippen LogP contribution in [-0.4, -0.2) is 35.1 Å². The summed E-state index contributed by atoms with van der Waals surface area (Å²) in [4.78, 5) is 20.0. The van der Waals surface area contributed by atoms with Crippen LogP contribution < -0.4 is 5.32 Å². The van der Waals surface area contributed by atoms with Crippen LogP contribution in [0.1, 0.15) is 46.6 Å². The number of benzene rings is 1. The lowest BCUT2D eigenvalue weighted by Crippen LogP contribution is -2.22. The maximum absolute atomic E-state index is 12.1. The molecule has 0 aliphatic heterocycles. The maximum atomic E-state index is 12.1. The first-order chi connectivity index (χ1) is 14.7. The van der Waals surface area contributed by atoms with Crippen molar-refractivity contribution in [2.24, 2.45) is 5.41 Å². The minimum absolute atomic E-state index is 0.134. The van der Waals surface area contributed by atoms with Gasteiger partial charge in [-0.2, -0.15) is 0 Å². The molecular weight excluding hydrogens is 406 g/mol. The van der Waals surface area contributed by atoms with E-state index >= 15 is 0 Å². The van der Waals surface area contributed by atoms with Crippen LogP contribution in [0.25, 0.3) is 11.1 Å². The second kappa shape index (κ2) is 8.44. The number of aryl methyl sites for hydroxylation is 1. The summed E-state index contributed by atoms with van der Waals surface area (Å²) in [6.07, 6.45) is 4.67. The highest BCUT2D eigenvalue weighted by atomic mass is 32.1. The lowest BCUT2D eigenvalue weighted by Gasteiger charge is -2.29. The van der Waals surface area contributed by atoms with Gasteiger partial charge in [0.2, 0.25) is 0 Å². The number of carbonyl (C=O) groups is 1. The van der Waals surface area contributed by atoms with Crippen molar-refractivity contribution < 1.29 is 9.90 Å². The van der Waals surface area contributed by atoms with Crippen LogP contribution in [0.3, 0.4) is 0 Å². The van der Waals surface area contributed by atoms with Gasteiger partial charge < -0.3 is 15.3 Å². The highest BCUT2D eigenvalue weighted by Gasteiger charge is 2.32. The van der Waals surface area contributed by atoms with Crippen LogP contribution in [0.15, 0.2) is 42.6 Å². The normalized spacial score (nSPS) is 15.0. The molecule has 6 heteroatoms. The summed E-state index contributed by atoms with van der Waals surface area (Å²) in [6, 6.07) is 12.3. The van der Waals surface area contributed by atoms with Gasteiger partial charge in [0.25, 0.3) is 0 Å². The van der Waals surface area contributed by atoms with Crippen molar-refractivity contribution in [3.05, 3.63) is 64.2 Å². The zero-order chi connectivity index (χ0) is 22.2. The zero-order valence-electron chi connectivity index (χ0n) is 18.5. The summed E-state index contributed by atoms with van der Waals surface area (Å²) in [7, 11) is 4.12. The van der Waals surface area contributed by atoms with E-state index in [1.807, 2.05) is 24.4 Å². The summed E-state index contributed by atoms with van der Waals surface area (Å²) in [5, 5.41) is 13.9. The summed E-state index contributed by atoms with van der Waals surface area (Å²) in [6.45, 7) is 5.27. The predicted molar refractivity (Wildman–Crippen MR) is 127 cm³/mol. The van der Waals surface area contributed by atoms with Gasteiger partial charge in [0.05, 0.1) is 5.56 Å². The van der Waals surface area contributed by atoms with Gasteiger partial charge in [-0.25, -0.2) is 9.78 Å². The fourth-order valence-electron chi connectivity index (χ4n) is 4.26. The lowest BCUT2D eigenvalue weighted by atomic mass is 9.76. The fraction of sp³-hybridized carbons (Fsp3) is 0.360. The molecule has 3 aromatic rings. The SMILES string of the molecule is CN(C)Cc1ccccc1-c1ccc(Nc2sc3c(c2C(=O)O)CC(C)(C)CC3)nc1. The number of rotatable bonds is 6. The Kier molecular flexibility index (Phi) is 5.86. The molecule has 0 fully saturated rings. The Morgan fingerprint density at radius 2 is 2.00 bits per heavy atom. The number of pyridine rings is 1. The first-order valence-electron chi connectivity index (χ1n) is 10.6. The van der Waals surface area contributed by atoms with Crippen molar-refractivity contribution >= 4 is 28.1 Å². The largest absolute Gasteiger partial charge is 0.478 e. The number of nitrogens with zero attached hydrogens (tertiary/aromatic N) is 2. The second-order valence-corrected chi connectivity index (χ2v) is 10.4. The topological polar surface area (TPSA) is 65.5 Å². The molecule has 0 radical (unpaired) electrons. The lowest BCUT2D eigenvalue weighted by molar-refractivity contribution is 0.0696. The summed E-state index contributed by atoms with van der Waals surface area (Å²) < 4.78 is 0. The smallest absolute Gasteiger partial charge is 0.339 e. The number of carboxylic acids is 1. The van der Waals surface area contributed by atoms with Gasteiger partial charge in [-0.1, -0.05) is 38.1 Å². The molecule has 4 rings (SSSR count). The Labute approximate surface area is 187 Å². The molecule has 0 saturated carbocycles. The van der Waals surface area contributed by atoms with Crippen LogP contribution >= 0.6 is 11.3 Å². The van der Waals surface area contributed by atoms with E-state index in [4.69, 9.17) is 0 Å². The Morgan fingerprint density at radius 3 is 2.68 bits per heavy atom. The van der Waals surface area contributed by atoms with Gasteiger partial charge in [0.1, 0.15) is 10.8 Å². The van der Waals surface area contributed by atoms with Crippen molar-refractivity contribution in [3.8, 4) is 11.1 Å². The van der Waals surface area contributed by atoms with Gasteiger partial charge >= 0.3 is 5.97 Å². The molecule has 1 aliphatic carbocycles. The third-order valence-electron chi connectivity index (χ3n) is 5.81. The van der Waals surface area contributed by atoms with E-state index < -0.39 is 5.97 Å². The first kappa shape index (κ1) is 21.5. The first-order valence-corrected chi connectivity index (χ1v) is 11.4. The number of nitrogens with one attached hydrogen (secondary N) is 1. The molecule has 1 aliphatic rings. The van der Waals surface area contributed by atoms with Crippen LogP contribution in [0, 0.1) is 5.41 Å². The maximum Gasteiger partial charge on any atom is 0.339 e. The van der Waals surface area contributed by atoms with E-state index in [-0.39, 0.29) is 5.41 Å². The van der Waals surface area contributed by atoms with Gasteiger partial charge in [-0.05, 0) is 67.6 Å². The number of aromatic carboxylic acids is 1. The number of carboxylic acid groups (broad SMARTS) is 1.